The lowest BCUT2D eigenvalue weighted by atomic mass is 10.2. The molecule has 1 aromatic carbocycles. The molecule has 0 unspecified atom stereocenters. The van der Waals surface area contributed by atoms with Crippen molar-refractivity contribution in [2.75, 3.05) is 0 Å². The number of hydrogen-bond acceptors (Lipinski definition) is 3. The first-order valence-electron chi connectivity index (χ1n) is 4.74. The lowest BCUT2D eigenvalue weighted by molar-refractivity contribution is -0.139. The molecule has 0 radical (unpaired) electrons. The summed E-state index contributed by atoms with van der Waals surface area (Å²) in [6.45, 7) is 0. The van der Waals surface area contributed by atoms with Crippen molar-refractivity contribution < 1.29 is 19.8 Å². The van der Waals surface area contributed by atoms with Crippen molar-refractivity contribution in [1.29, 1.82) is 0 Å². The largest absolute Gasteiger partial charge is 0.481 e. The van der Waals surface area contributed by atoms with Gasteiger partial charge < -0.3 is 15.9 Å². The molecule has 0 aliphatic rings. The van der Waals surface area contributed by atoms with Crippen LogP contribution >= 0.6 is 0 Å². The number of carbonyl (C=O) groups is 2. The van der Waals surface area contributed by atoms with E-state index in [0.29, 0.717) is 0 Å². The highest BCUT2D eigenvalue weighted by molar-refractivity contribution is 5.74. The lowest BCUT2D eigenvalue weighted by Crippen LogP contribution is -2.30. The van der Waals surface area contributed by atoms with Crippen LogP contribution in [-0.2, 0) is 9.59 Å². The molecule has 1 aromatic rings. The first-order chi connectivity index (χ1) is 7.54. The molecule has 0 saturated heterocycles. The zero-order chi connectivity index (χ0) is 12.4. The van der Waals surface area contributed by atoms with E-state index in [2.05, 4.69) is 0 Å². The van der Waals surface area contributed by atoms with Gasteiger partial charge in [0.15, 0.2) is 0 Å². The van der Waals surface area contributed by atoms with Crippen molar-refractivity contribution in [2.45, 2.75) is 18.9 Å². The van der Waals surface area contributed by atoms with Gasteiger partial charge in [-0.15, -0.1) is 0 Å². The van der Waals surface area contributed by atoms with E-state index in [9.17, 15) is 9.59 Å². The third-order valence-electron chi connectivity index (χ3n) is 1.65. The van der Waals surface area contributed by atoms with Gasteiger partial charge in [0.25, 0.3) is 0 Å². The van der Waals surface area contributed by atoms with E-state index in [1.807, 2.05) is 36.4 Å². The third kappa shape index (κ3) is 8.71. The first-order valence-corrected chi connectivity index (χ1v) is 4.74. The molecular weight excluding hydrogens is 210 g/mol. The van der Waals surface area contributed by atoms with Crippen molar-refractivity contribution in [3.63, 3.8) is 0 Å². The molecule has 4 N–H and O–H groups in total. The molecule has 88 valence electrons. The number of benzene rings is 1. The molecule has 0 amide bonds. The highest BCUT2D eigenvalue weighted by atomic mass is 16.4. The molecule has 0 bridgehead atoms. The molecule has 1 atom stereocenters. The van der Waals surface area contributed by atoms with Crippen LogP contribution in [0.3, 0.4) is 0 Å². The smallest absolute Gasteiger partial charge is 0.320 e. The summed E-state index contributed by atoms with van der Waals surface area (Å²) in [5.41, 5.74) is 5.00. The standard InChI is InChI=1S/C6H6.C5H9NO4/c1-2-4-6-5-3-1;6-3(5(9)10)1-2-4(7)8/h1-6H;3H,1-2,6H2,(H,7,8)(H,9,10)/t;3-/m.0/s1. The fourth-order valence-electron chi connectivity index (χ4n) is 0.787. The van der Waals surface area contributed by atoms with Crippen LogP contribution in [0, 0.1) is 0 Å². The summed E-state index contributed by atoms with van der Waals surface area (Å²) in [6, 6.07) is 10.9. The quantitative estimate of drug-likeness (QED) is 0.708. The number of carboxylic acids is 2. The lowest BCUT2D eigenvalue weighted by Gasteiger charge is -2.01. The normalized spacial score (nSPS) is 10.8. The van der Waals surface area contributed by atoms with Gasteiger partial charge in [-0.05, 0) is 6.42 Å². The average molecular weight is 225 g/mol. The minimum atomic E-state index is -1.17. The Labute approximate surface area is 93.5 Å². The van der Waals surface area contributed by atoms with Gasteiger partial charge in [0.1, 0.15) is 6.04 Å². The monoisotopic (exact) mass is 225 g/mol. The van der Waals surface area contributed by atoms with E-state index in [1.54, 1.807) is 0 Å². The van der Waals surface area contributed by atoms with Crippen molar-refractivity contribution in [2.24, 2.45) is 5.73 Å². The maximum Gasteiger partial charge on any atom is 0.320 e. The van der Waals surface area contributed by atoms with Gasteiger partial charge in [-0.25, -0.2) is 0 Å². The fraction of sp³-hybridized carbons (Fsp3) is 0.273. The second kappa shape index (κ2) is 8.43. The van der Waals surface area contributed by atoms with E-state index < -0.39 is 18.0 Å². The van der Waals surface area contributed by atoms with Crippen molar-refractivity contribution >= 4 is 11.9 Å². The summed E-state index contributed by atoms with van der Waals surface area (Å²) < 4.78 is 0. The molecule has 0 heterocycles. The Hall–Kier alpha value is -1.88. The van der Waals surface area contributed by atoms with Gasteiger partial charge in [0, 0.05) is 6.42 Å². The van der Waals surface area contributed by atoms with Crippen molar-refractivity contribution in [3.05, 3.63) is 36.4 Å². The molecule has 0 aliphatic heterocycles. The molecule has 0 saturated carbocycles. The minimum Gasteiger partial charge on any atom is -0.481 e. The number of nitrogens with two attached hydrogens (primary N) is 1. The number of rotatable bonds is 4. The fourth-order valence-corrected chi connectivity index (χ4v) is 0.787. The number of carboxylic acid groups (broad SMARTS) is 2. The van der Waals surface area contributed by atoms with Gasteiger partial charge >= 0.3 is 11.9 Å². The zero-order valence-electron chi connectivity index (χ0n) is 8.74. The number of aliphatic carboxylic acids is 2. The molecule has 5 nitrogen and oxygen atoms in total. The topological polar surface area (TPSA) is 101 Å². The molecule has 0 spiro atoms. The first kappa shape index (κ1) is 14.1. The van der Waals surface area contributed by atoms with Crippen LogP contribution < -0.4 is 5.73 Å². The predicted molar refractivity (Wildman–Crippen MR) is 58.9 cm³/mol. The maximum atomic E-state index is 9.99. The van der Waals surface area contributed by atoms with E-state index in [-0.39, 0.29) is 12.8 Å². The zero-order valence-corrected chi connectivity index (χ0v) is 8.74. The Balaban J connectivity index is 0.000000315. The van der Waals surface area contributed by atoms with Crippen molar-refractivity contribution in [3.8, 4) is 0 Å². The van der Waals surface area contributed by atoms with Crippen molar-refractivity contribution in [1.82, 2.24) is 0 Å². The molecule has 5 heteroatoms. The highest BCUT2D eigenvalue weighted by Gasteiger charge is 2.12. The summed E-state index contributed by atoms with van der Waals surface area (Å²) in [7, 11) is 0. The Bertz CT molecular complexity index is 286. The Morgan fingerprint density at radius 2 is 1.38 bits per heavy atom. The van der Waals surface area contributed by atoms with E-state index >= 15 is 0 Å². The van der Waals surface area contributed by atoms with E-state index in [0.717, 1.165) is 0 Å². The van der Waals surface area contributed by atoms with Crippen LogP contribution in [0.5, 0.6) is 0 Å². The highest BCUT2D eigenvalue weighted by Crippen LogP contribution is 1.93. The van der Waals surface area contributed by atoms with Gasteiger partial charge in [0.2, 0.25) is 0 Å². The van der Waals surface area contributed by atoms with Crippen LogP contribution in [-0.4, -0.2) is 28.2 Å². The summed E-state index contributed by atoms with van der Waals surface area (Å²) in [4.78, 5) is 19.9. The summed E-state index contributed by atoms with van der Waals surface area (Å²) in [5, 5.41) is 16.3. The second-order valence-electron chi connectivity index (χ2n) is 3.03. The average Bonchev–Trinajstić information content (AvgIpc) is 2.28. The summed E-state index contributed by atoms with van der Waals surface area (Å²) in [6.07, 6.45) is -0.224. The van der Waals surface area contributed by atoms with Crippen LogP contribution in [0.4, 0.5) is 0 Å². The maximum absolute atomic E-state index is 9.99. The van der Waals surface area contributed by atoms with Gasteiger partial charge in [0.05, 0.1) is 0 Å². The molecule has 0 fully saturated rings. The van der Waals surface area contributed by atoms with Gasteiger partial charge in [-0.3, -0.25) is 9.59 Å². The molecule has 1 rings (SSSR count). The third-order valence-corrected chi connectivity index (χ3v) is 1.65. The molecule has 0 aromatic heterocycles. The predicted octanol–water partition coefficient (Wildman–Crippen LogP) is 0.950. The van der Waals surface area contributed by atoms with Crippen LogP contribution in [0.15, 0.2) is 36.4 Å². The Morgan fingerprint density at radius 1 is 1.00 bits per heavy atom. The van der Waals surface area contributed by atoms with E-state index in [1.165, 1.54) is 0 Å². The SMILES string of the molecule is N[C@@H](CCC(=O)O)C(=O)O.c1ccccc1. The Morgan fingerprint density at radius 3 is 1.62 bits per heavy atom. The molecule has 0 aliphatic carbocycles. The van der Waals surface area contributed by atoms with Gasteiger partial charge in [-0.1, -0.05) is 36.4 Å². The van der Waals surface area contributed by atoms with E-state index in [4.69, 9.17) is 15.9 Å². The Kier molecular flexibility index (Phi) is 7.44. The van der Waals surface area contributed by atoms with Crippen LogP contribution in [0.1, 0.15) is 12.8 Å². The van der Waals surface area contributed by atoms with Crippen LogP contribution in [0.25, 0.3) is 0 Å². The summed E-state index contributed by atoms with van der Waals surface area (Å²) >= 11 is 0. The molecule has 16 heavy (non-hydrogen) atoms. The van der Waals surface area contributed by atoms with Crippen LogP contribution in [0.2, 0.25) is 0 Å². The second-order valence-corrected chi connectivity index (χ2v) is 3.03. The minimum absolute atomic E-state index is 0.0231. The molecular formula is C11H15NO4. The number of hydrogen-bond donors (Lipinski definition) is 3. The van der Waals surface area contributed by atoms with Gasteiger partial charge in [-0.2, -0.15) is 0 Å². The summed E-state index contributed by atoms with van der Waals surface area (Å²) in [5.74, 6) is -2.20.